The van der Waals surface area contributed by atoms with E-state index in [0.29, 0.717) is 5.92 Å². The fourth-order valence-electron chi connectivity index (χ4n) is 0.929. The summed E-state index contributed by atoms with van der Waals surface area (Å²) < 4.78 is 0. The summed E-state index contributed by atoms with van der Waals surface area (Å²) in [6.07, 6.45) is 16.5. The SMILES string of the molecule is C=C([B]C)/C=C\C=C/C(C)/C=C\C=C/C. The molecule has 1 heteroatoms. The molecule has 1 radical (unpaired) electrons. The second kappa shape index (κ2) is 9.33. The third kappa shape index (κ3) is 9.08. The van der Waals surface area contributed by atoms with Gasteiger partial charge in [-0.1, -0.05) is 67.8 Å². The molecule has 1 unspecified atom stereocenters. The van der Waals surface area contributed by atoms with Crippen molar-refractivity contribution in [1.82, 2.24) is 0 Å². The molecule has 0 heterocycles. The van der Waals surface area contributed by atoms with Gasteiger partial charge in [-0.25, -0.2) is 0 Å². The molecule has 0 amide bonds. The first-order chi connectivity index (χ1) is 7.20. The van der Waals surface area contributed by atoms with Crippen LogP contribution in [0.3, 0.4) is 0 Å². The number of allylic oxidation sites excluding steroid dienone is 9. The molecular weight excluding hydrogens is 179 g/mol. The normalized spacial score (nSPS) is 14.6. The molecule has 0 aromatic heterocycles. The fraction of sp³-hybridized carbons (Fsp3) is 0.286. The minimum absolute atomic E-state index is 0.463. The summed E-state index contributed by atoms with van der Waals surface area (Å²) >= 11 is 0. The molecule has 0 aromatic rings. The zero-order valence-corrected chi connectivity index (χ0v) is 9.98. The van der Waals surface area contributed by atoms with Crippen LogP contribution in [0.4, 0.5) is 0 Å². The summed E-state index contributed by atoms with van der Waals surface area (Å²) in [5.74, 6) is 0.463. The van der Waals surface area contributed by atoms with Gasteiger partial charge in [-0.05, 0) is 12.8 Å². The lowest BCUT2D eigenvalue weighted by Gasteiger charge is -1.94. The smallest absolute Gasteiger partial charge is 0.105 e. The lowest BCUT2D eigenvalue weighted by atomic mass is 9.73. The van der Waals surface area contributed by atoms with Crippen molar-refractivity contribution < 1.29 is 0 Å². The number of hydrogen-bond acceptors (Lipinski definition) is 0. The van der Waals surface area contributed by atoms with Crippen LogP contribution in [-0.2, 0) is 0 Å². The molecular formula is C14H20B. The monoisotopic (exact) mass is 199 g/mol. The van der Waals surface area contributed by atoms with Crippen molar-refractivity contribution in [3.05, 3.63) is 60.7 Å². The van der Waals surface area contributed by atoms with Crippen molar-refractivity contribution in [2.24, 2.45) is 5.92 Å². The van der Waals surface area contributed by atoms with E-state index in [1.807, 2.05) is 45.3 Å². The van der Waals surface area contributed by atoms with Gasteiger partial charge in [0.15, 0.2) is 0 Å². The lowest BCUT2D eigenvalue weighted by molar-refractivity contribution is 0.940. The van der Waals surface area contributed by atoms with Gasteiger partial charge >= 0.3 is 0 Å². The molecule has 0 spiro atoms. The van der Waals surface area contributed by atoms with Crippen LogP contribution in [0.2, 0.25) is 6.82 Å². The lowest BCUT2D eigenvalue weighted by Crippen LogP contribution is -1.82. The molecule has 0 saturated heterocycles. The number of hydrogen-bond donors (Lipinski definition) is 0. The molecule has 0 rings (SSSR count). The van der Waals surface area contributed by atoms with Gasteiger partial charge in [0.2, 0.25) is 0 Å². The molecule has 0 aliphatic carbocycles. The first-order valence-corrected chi connectivity index (χ1v) is 5.33. The Kier molecular flexibility index (Phi) is 8.56. The Balaban J connectivity index is 3.96. The first kappa shape index (κ1) is 13.8. The maximum absolute atomic E-state index is 3.85. The van der Waals surface area contributed by atoms with E-state index in [0.717, 1.165) is 5.47 Å². The molecule has 0 aromatic carbocycles. The van der Waals surface area contributed by atoms with E-state index in [1.165, 1.54) is 0 Å². The number of rotatable bonds is 6. The predicted molar refractivity (Wildman–Crippen MR) is 72.2 cm³/mol. The van der Waals surface area contributed by atoms with Crippen LogP contribution in [0.15, 0.2) is 60.7 Å². The van der Waals surface area contributed by atoms with Crippen LogP contribution in [0.5, 0.6) is 0 Å². The highest BCUT2D eigenvalue weighted by Gasteiger charge is 1.86. The molecule has 0 aliphatic heterocycles. The van der Waals surface area contributed by atoms with Gasteiger partial charge in [-0.15, -0.1) is 6.58 Å². The molecule has 0 fully saturated rings. The van der Waals surface area contributed by atoms with Crippen LogP contribution in [-0.4, -0.2) is 7.28 Å². The predicted octanol–water partition coefficient (Wildman–Crippen LogP) is 4.13. The molecule has 1 atom stereocenters. The molecule has 0 aliphatic rings. The summed E-state index contributed by atoms with van der Waals surface area (Å²) in [7, 11) is 1.99. The van der Waals surface area contributed by atoms with Crippen LogP contribution >= 0.6 is 0 Å². The van der Waals surface area contributed by atoms with Crippen LogP contribution in [0, 0.1) is 5.92 Å². The van der Waals surface area contributed by atoms with E-state index in [9.17, 15) is 0 Å². The van der Waals surface area contributed by atoms with Gasteiger partial charge in [0.25, 0.3) is 0 Å². The standard InChI is InChI=1S/C14H20B/c1-5-6-7-10-13(2)11-8-9-12-14(3)15-4/h5-13H,3H2,1-2,4H3/b6-5-,10-7-,11-8-,12-9-. The second-order valence-corrected chi connectivity index (χ2v) is 3.38. The Labute approximate surface area is 95.0 Å². The van der Waals surface area contributed by atoms with E-state index < -0.39 is 0 Å². The summed E-state index contributed by atoms with van der Waals surface area (Å²) in [5, 5.41) is 0. The molecule has 0 nitrogen and oxygen atoms in total. The average Bonchev–Trinajstić information content (AvgIpc) is 2.24. The van der Waals surface area contributed by atoms with Crippen LogP contribution in [0.25, 0.3) is 0 Å². The summed E-state index contributed by atoms with van der Waals surface area (Å²) in [5.41, 5.74) is 1.04. The van der Waals surface area contributed by atoms with E-state index in [4.69, 9.17) is 0 Å². The van der Waals surface area contributed by atoms with Gasteiger partial charge in [0, 0.05) is 0 Å². The second-order valence-electron chi connectivity index (χ2n) is 3.38. The van der Waals surface area contributed by atoms with Gasteiger partial charge in [0.05, 0.1) is 0 Å². The van der Waals surface area contributed by atoms with Crippen molar-refractivity contribution in [1.29, 1.82) is 0 Å². The van der Waals surface area contributed by atoms with Gasteiger partial charge in [-0.3, -0.25) is 0 Å². The highest BCUT2D eigenvalue weighted by molar-refractivity contribution is 6.44. The minimum Gasteiger partial charge on any atom is -0.105 e. The highest BCUT2D eigenvalue weighted by Crippen LogP contribution is 2.00. The molecule has 0 N–H and O–H groups in total. The van der Waals surface area contributed by atoms with Gasteiger partial charge < -0.3 is 0 Å². The van der Waals surface area contributed by atoms with E-state index in [1.54, 1.807) is 0 Å². The minimum atomic E-state index is 0.463. The van der Waals surface area contributed by atoms with Crippen molar-refractivity contribution in [3.8, 4) is 0 Å². The molecule has 15 heavy (non-hydrogen) atoms. The third-order valence-corrected chi connectivity index (χ3v) is 1.93. The van der Waals surface area contributed by atoms with Crippen molar-refractivity contribution in [2.75, 3.05) is 0 Å². The molecule has 79 valence electrons. The quantitative estimate of drug-likeness (QED) is 0.445. The maximum Gasteiger partial charge on any atom is 0.147 e. The Morgan fingerprint density at radius 1 is 1.13 bits per heavy atom. The van der Waals surface area contributed by atoms with E-state index in [-0.39, 0.29) is 0 Å². The highest BCUT2D eigenvalue weighted by atomic mass is 13.9. The summed E-state index contributed by atoms with van der Waals surface area (Å²) in [6.45, 7) is 10.0. The van der Waals surface area contributed by atoms with Crippen LogP contribution in [0.1, 0.15) is 13.8 Å². The molecule has 0 saturated carbocycles. The molecule has 0 bridgehead atoms. The third-order valence-electron chi connectivity index (χ3n) is 1.93. The summed E-state index contributed by atoms with van der Waals surface area (Å²) in [4.78, 5) is 0. The topological polar surface area (TPSA) is 0 Å². The Hall–Kier alpha value is -1.24. The van der Waals surface area contributed by atoms with E-state index >= 15 is 0 Å². The van der Waals surface area contributed by atoms with Crippen molar-refractivity contribution in [2.45, 2.75) is 20.7 Å². The largest absolute Gasteiger partial charge is 0.147 e. The average molecular weight is 199 g/mol. The summed E-state index contributed by atoms with van der Waals surface area (Å²) in [6, 6.07) is 0. The zero-order chi connectivity index (χ0) is 11.5. The maximum atomic E-state index is 3.85. The van der Waals surface area contributed by atoms with Crippen molar-refractivity contribution >= 4 is 7.28 Å². The fourth-order valence-corrected chi connectivity index (χ4v) is 0.929. The van der Waals surface area contributed by atoms with Gasteiger partial charge in [0.1, 0.15) is 7.28 Å². The van der Waals surface area contributed by atoms with Crippen molar-refractivity contribution in [3.63, 3.8) is 0 Å². The Morgan fingerprint density at radius 2 is 1.73 bits per heavy atom. The Bertz CT molecular complexity index is 280. The van der Waals surface area contributed by atoms with E-state index in [2.05, 4.69) is 37.8 Å². The van der Waals surface area contributed by atoms with Crippen LogP contribution < -0.4 is 0 Å². The van der Waals surface area contributed by atoms with Gasteiger partial charge in [-0.2, -0.15) is 0 Å². The first-order valence-electron chi connectivity index (χ1n) is 5.33. The Morgan fingerprint density at radius 3 is 2.27 bits per heavy atom. The zero-order valence-electron chi connectivity index (χ0n) is 9.98.